The average molecular weight is 309 g/mol. The molecule has 0 aliphatic rings. The van der Waals surface area contributed by atoms with Crippen LogP contribution in [0.5, 0.6) is 0 Å². The highest BCUT2D eigenvalue weighted by atomic mass is 16.3. The molecule has 0 saturated heterocycles. The first-order valence-electron chi connectivity index (χ1n) is 8.10. The van der Waals surface area contributed by atoms with Gasteiger partial charge in [-0.25, -0.2) is 4.99 Å². The van der Waals surface area contributed by atoms with Crippen molar-refractivity contribution in [1.29, 1.82) is 0 Å². The van der Waals surface area contributed by atoms with E-state index >= 15 is 0 Å². The highest BCUT2D eigenvalue weighted by Gasteiger charge is 2.22. The van der Waals surface area contributed by atoms with Gasteiger partial charge in [0.2, 0.25) is 0 Å². The summed E-state index contributed by atoms with van der Waals surface area (Å²) in [6, 6.07) is 0. The number of nitrogens with zero attached hydrogens (tertiary/aromatic N) is 3. The molecule has 1 heterocycles. The van der Waals surface area contributed by atoms with E-state index in [0.29, 0.717) is 13.1 Å². The normalized spacial score (nSPS) is 12.6. The minimum absolute atomic E-state index is 0.497. The average Bonchev–Trinajstić information content (AvgIpc) is 2.75. The minimum atomic E-state index is -0.684. The van der Waals surface area contributed by atoms with E-state index in [-0.39, 0.29) is 0 Å². The van der Waals surface area contributed by atoms with Crippen molar-refractivity contribution in [3.05, 3.63) is 17.0 Å². The fourth-order valence-corrected chi connectivity index (χ4v) is 2.29. The first-order chi connectivity index (χ1) is 10.4. The predicted octanol–water partition coefficient (Wildman–Crippen LogP) is 1.64. The molecule has 0 amide bonds. The molecule has 6 heteroatoms. The number of aliphatic imine (C=N–C) groups is 1. The minimum Gasteiger partial charge on any atom is -0.388 e. The van der Waals surface area contributed by atoms with Crippen molar-refractivity contribution >= 4 is 5.96 Å². The quantitative estimate of drug-likeness (QED) is 0.529. The van der Waals surface area contributed by atoms with Crippen molar-refractivity contribution in [2.24, 2.45) is 12.0 Å². The van der Waals surface area contributed by atoms with Crippen LogP contribution in [0.2, 0.25) is 0 Å². The van der Waals surface area contributed by atoms with E-state index in [2.05, 4.69) is 27.6 Å². The van der Waals surface area contributed by atoms with E-state index < -0.39 is 5.60 Å². The van der Waals surface area contributed by atoms with Gasteiger partial charge < -0.3 is 15.7 Å². The summed E-state index contributed by atoms with van der Waals surface area (Å²) in [5.74, 6) is 0.727. The Bertz CT molecular complexity index is 503. The molecule has 1 aromatic heterocycles. The molecule has 6 nitrogen and oxygen atoms in total. The van der Waals surface area contributed by atoms with Crippen LogP contribution in [0.3, 0.4) is 0 Å². The van der Waals surface area contributed by atoms with E-state index in [0.717, 1.165) is 42.3 Å². The van der Waals surface area contributed by atoms with Crippen LogP contribution in [0.4, 0.5) is 0 Å². The third-order valence-electron chi connectivity index (χ3n) is 4.30. The smallest absolute Gasteiger partial charge is 0.191 e. The molecule has 0 unspecified atom stereocenters. The molecule has 0 atom stereocenters. The number of aromatic nitrogens is 2. The summed E-state index contributed by atoms with van der Waals surface area (Å²) in [6.45, 7) is 11.9. The number of nitrogens with one attached hydrogen (secondary N) is 2. The highest BCUT2D eigenvalue weighted by molar-refractivity contribution is 5.79. The summed E-state index contributed by atoms with van der Waals surface area (Å²) < 4.78 is 1.88. The Hall–Kier alpha value is -1.56. The van der Waals surface area contributed by atoms with Gasteiger partial charge in [-0.15, -0.1) is 0 Å². The fourth-order valence-electron chi connectivity index (χ4n) is 2.29. The largest absolute Gasteiger partial charge is 0.388 e. The Morgan fingerprint density at radius 2 is 1.86 bits per heavy atom. The Balaban J connectivity index is 2.78. The number of hydrogen-bond acceptors (Lipinski definition) is 3. The Morgan fingerprint density at radius 3 is 2.32 bits per heavy atom. The van der Waals surface area contributed by atoms with E-state index in [4.69, 9.17) is 0 Å². The maximum absolute atomic E-state index is 10.4. The van der Waals surface area contributed by atoms with Crippen molar-refractivity contribution in [2.75, 3.05) is 13.1 Å². The van der Waals surface area contributed by atoms with Gasteiger partial charge in [-0.2, -0.15) is 5.10 Å². The van der Waals surface area contributed by atoms with E-state index in [1.807, 2.05) is 39.4 Å². The van der Waals surface area contributed by atoms with Crippen LogP contribution in [0.25, 0.3) is 0 Å². The zero-order chi connectivity index (χ0) is 16.8. The Kier molecular flexibility index (Phi) is 6.87. The molecular formula is C16H31N5O. The van der Waals surface area contributed by atoms with Crippen molar-refractivity contribution in [1.82, 2.24) is 20.4 Å². The first kappa shape index (κ1) is 18.5. The fraction of sp³-hybridized carbons (Fsp3) is 0.750. The van der Waals surface area contributed by atoms with Gasteiger partial charge >= 0.3 is 0 Å². The third kappa shape index (κ3) is 4.73. The molecule has 0 spiro atoms. The molecular weight excluding hydrogens is 278 g/mol. The van der Waals surface area contributed by atoms with Crippen molar-refractivity contribution in [3.8, 4) is 0 Å². The molecule has 0 aliphatic carbocycles. The summed E-state index contributed by atoms with van der Waals surface area (Å²) in [5.41, 5.74) is 2.62. The van der Waals surface area contributed by atoms with Crippen molar-refractivity contribution in [3.63, 3.8) is 0 Å². The van der Waals surface area contributed by atoms with Gasteiger partial charge in [-0.05, 0) is 33.6 Å². The van der Waals surface area contributed by atoms with Crippen LogP contribution in [-0.4, -0.2) is 39.5 Å². The number of rotatable bonds is 7. The monoisotopic (exact) mass is 309 g/mol. The third-order valence-corrected chi connectivity index (χ3v) is 4.30. The van der Waals surface area contributed by atoms with Crippen molar-refractivity contribution in [2.45, 2.75) is 59.6 Å². The maximum Gasteiger partial charge on any atom is 0.191 e. The zero-order valence-electron chi connectivity index (χ0n) is 14.8. The molecule has 0 radical (unpaired) electrons. The zero-order valence-corrected chi connectivity index (χ0v) is 14.8. The summed E-state index contributed by atoms with van der Waals surface area (Å²) in [7, 11) is 1.95. The van der Waals surface area contributed by atoms with Gasteiger partial charge in [-0.3, -0.25) is 4.68 Å². The van der Waals surface area contributed by atoms with Crippen LogP contribution in [-0.2, 0) is 13.6 Å². The summed E-state index contributed by atoms with van der Waals surface area (Å²) in [4.78, 5) is 4.62. The Labute approximate surface area is 134 Å². The summed E-state index contributed by atoms with van der Waals surface area (Å²) >= 11 is 0. The Morgan fingerprint density at radius 1 is 1.23 bits per heavy atom. The number of hydrogen-bond donors (Lipinski definition) is 3. The molecule has 1 aromatic rings. The van der Waals surface area contributed by atoms with Gasteiger partial charge in [0.25, 0.3) is 0 Å². The van der Waals surface area contributed by atoms with Crippen molar-refractivity contribution < 1.29 is 5.11 Å². The summed E-state index contributed by atoms with van der Waals surface area (Å²) in [5, 5.41) is 21.2. The molecule has 0 aromatic carbocycles. The molecule has 0 saturated carbocycles. The lowest BCUT2D eigenvalue weighted by Gasteiger charge is -2.26. The lowest BCUT2D eigenvalue weighted by molar-refractivity contribution is 0.0367. The lowest BCUT2D eigenvalue weighted by atomic mass is 9.98. The molecule has 0 aliphatic heterocycles. The van der Waals surface area contributed by atoms with Crippen LogP contribution in [0.1, 0.15) is 50.6 Å². The molecule has 126 valence electrons. The van der Waals surface area contributed by atoms with E-state index in [9.17, 15) is 5.11 Å². The highest BCUT2D eigenvalue weighted by Crippen LogP contribution is 2.14. The molecule has 1 rings (SSSR count). The maximum atomic E-state index is 10.4. The topological polar surface area (TPSA) is 74.5 Å². The van der Waals surface area contributed by atoms with Gasteiger partial charge in [0.05, 0.1) is 17.8 Å². The van der Waals surface area contributed by atoms with Crippen LogP contribution < -0.4 is 10.6 Å². The standard InChI is InChI=1S/C16H31N5O/c1-7-16(22,8-2)11-19-15(17-9-3)18-10-14-12(4)20-21(6)13(14)5/h22H,7-11H2,1-6H3,(H2,17,18,19). The van der Waals surface area contributed by atoms with Gasteiger partial charge in [0.15, 0.2) is 5.96 Å². The molecule has 3 N–H and O–H groups in total. The van der Waals surface area contributed by atoms with Crippen LogP contribution in [0, 0.1) is 13.8 Å². The second kappa shape index (κ2) is 8.17. The molecule has 22 heavy (non-hydrogen) atoms. The number of aliphatic hydroxyl groups is 1. The lowest BCUT2D eigenvalue weighted by Crippen LogP contribution is -2.46. The second-order valence-corrected chi connectivity index (χ2v) is 5.75. The predicted molar refractivity (Wildman–Crippen MR) is 91.0 cm³/mol. The second-order valence-electron chi connectivity index (χ2n) is 5.75. The molecule has 0 bridgehead atoms. The summed E-state index contributed by atoms with van der Waals surface area (Å²) in [6.07, 6.45) is 1.44. The van der Waals surface area contributed by atoms with E-state index in [1.165, 1.54) is 0 Å². The van der Waals surface area contributed by atoms with Gasteiger partial charge in [-0.1, -0.05) is 13.8 Å². The number of aryl methyl sites for hydroxylation is 2. The SMILES string of the molecule is CCNC(=NCc1c(C)nn(C)c1C)NCC(O)(CC)CC. The van der Waals surface area contributed by atoms with Gasteiger partial charge in [0, 0.05) is 31.4 Å². The van der Waals surface area contributed by atoms with Crippen LogP contribution in [0.15, 0.2) is 4.99 Å². The molecule has 0 fully saturated rings. The van der Waals surface area contributed by atoms with Gasteiger partial charge in [0.1, 0.15) is 0 Å². The van der Waals surface area contributed by atoms with E-state index in [1.54, 1.807) is 0 Å². The van der Waals surface area contributed by atoms with Crippen LogP contribution >= 0.6 is 0 Å². The first-order valence-corrected chi connectivity index (χ1v) is 8.10. The number of guanidine groups is 1.